The Bertz CT molecular complexity index is 1180. The lowest BCUT2D eigenvalue weighted by Crippen LogP contribution is -2.19. The monoisotopic (exact) mass is 393 g/mol. The molecule has 0 saturated heterocycles. The summed E-state index contributed by atoms with van der Waals surface area (Å²) in [5.74, 6) is 0.417. The van der Waals surface area contributed by atoms with E-state index in [1.165, 1.54) is 11.3 Å². The zero-order valence-corrected chi connectivity index (χ0v) is 15.5. The van der Waals surface area contributed by atoms with Gasteiger partial charge in [0, 0.05) is 11.1 Å². The van der Waals surface area contributed by atoms with Gasteiger partial charge >= 0.3 is 0 Å². The van der Waals surface area contributed by atoms with Gasteiger partial charge in [-0.15, -0.1) is 11.3 Å². The molecule has 0 fully saturated rings. The molecule has 1 N–H and O–H groups in total. The van der Waals surface area contributed by atoms with Gasteiger partial charge in [0.2, 0.25) is 5.91 Å². The SMILES string of the molecule is N#Cc1ccc(NC(=O)Cn2c(-c3cscn3)nc3ccccc32)cc1Cl. The first-order valence-corrected chi connectivity index (χ1v) is 9.31. The van der Waals surface area contributed by atoms with Crippen molar-refractivity contribution in [2.24, 2.45) is 0 Å². The Labute approximate surface area is 163 Å². The van der Waals surface area contributed by atoms with E-state index in [1.54, 1.807) is 23.7 Å². The number of thiazole rings is 1. The van der Waals surface area contributed by atoms with Crippen LogP contribution in [0, 0.1) is 11.3 Å². The zero-order chi connectivity index (χ0) is 18.8. The van der Waals surface area contributed by atoms with Crippen molar-refractivity contribution >= 4 is 45.6 Å². The molecule has 0 aliphatic carbocycles. The summed E-state index contributed by atoms with van der Waals surface area (Å²) in [4.78, 5) is 21.6. The molecule has 132 valence electrons. The number of nitriles is 1. The molecule has 0 atom stereocenters. The summed E-state index contributed by atoms with van der Waals surface area (Å²) in [6, 6.07) is 14.4. The number of hydrogen-bond donors (Lipinski definition) is 1. The summed E-state index contributed by atoms with van der Waals surface area (Å²) >= 11 is 7.50. The number of rotatable bonds is 4. The Kier molecular flexibility index (Phi) is 4.59. The largest absolute Gasteiger partial charge is 0.324 e. The van der Waals surface area contributed by atoms with Crippen molar-refractivity contribution in [3.05, 3.63) is 63.9 Å². The minimum Gasteiger partial charge on any atom is -0.324 e. The predicted molar refractivity (Wildman–Crippen MR) is 106 cm³/mol. The molecule has 27 heavy (non-hydrogen) atoms. The first-order valence-electron chi connectivity index (χ1n) is 7.99. The highest BCUT2D eigenvalue weighted by Crippen LogP contribution is 2.25. The topological polar surface area (TPSA) is 83.6 Å². The highest BCUT2D eigenvalue weighted by Gasteiger charge is 2.16. The molecular weight excluding hydrogens is 382 g/mol. The average molecular weight is 394 g/mol. The van der Waals surface area contributed by atoms with Crippen molar-refractivity contribution in [2.75, 3.05) is 5.32 Å². The summed E-state index contributed by atoms with van der Waals surface area (Å²) in [5.41, 5.74) is 5.01. The summed E-state index contributed by atoms with van der Waals surface area (Å²) in [6.07, 6.45) is 0. The first kappa shape index (κ1) is 17.2. The number of nitrogens with one attached hydrogen (secondary N) is 1. The fraction of sp³-hybridized carbons (Fsp3) is 0.0526. The number of anilines is 1. The predicted octanol–water partition coefficient (Wildman–Crippen LogP) is 4.32. The molecule has 0 bridgehead atoms. The smallest absolute Gasteiger partial charge is 0.244 e. The molecule has 1 amide bonds. The molecule has 4 aromatic rings. The van der Waals surface area contributed by atoms with Crippen molar-refractivity contribution in [3.8, 4) is 17.6 Å². The zero-order valence-electron chi connectivity index (χ0n) is 13.9. The lowest BCUT2D eigenvalue weighted by Gasteiger charge is -2.10. The second kappa shape index (κ2) is 7.19. The molecule has 2 aromatic carbocycles. The third kappa shape index (κ3) is 3.40. The first-order chi connectivity index (χ1) is 13.2. The van der Waals surface area contributed by atoms with Gasteiger partial charge in [-0.25, -0.2) is 9.97 Å². The molecule has 0 saturated carbocycles. The number of para-hydroxylation sites is 2. The van der Waals surface area contributed by atoms with E-state index < -0.39 is 0 Å². The summed E-state index contributed by atoms with van der Waals surface area (Å²) in [6.45, 7) is 0.0744. The minimum absolute atomic E-state index is 0.0744. The molecule has 6 nitrogen and oxygen atoms in total. The fourth-order valence-electron chi connectivity index (χ4n) is 2.78. The Hall–Kier alpha value is -3.21. The van der Waals surface area contributed by atoms with Crippen LogP contribution in [0.15, 0.2) is 53.4 Å². The molecule has 0 aliphatic rings. The third-order valence-electron chi connectivity index (χ3n) is 3.99. The maximum atomic E-state index is 12.6. The molecule has 0 spiro atoms. The van der Waals surface area contributed by atoms with Crippen molar-refractivity contribution in [1.82, 2.24) is 14.5 Å². The summed E-state index contributed by atoms with van der Waals surface area (Å²) in [7, 11) is 0. The molecule has 0 radical (unpaired) electrons. The van der Waals surface area contributed by atoms with Crippen LogP contribution < -0.4 is 5.32 Å². The maximum absolute atomic E-state index is 12.6. The Morgan fingerprint density at radius 1 is 1.30 bits per heavy atom. The number of hydrogen-bond acceptors (Lipinski definition) is 5. The number of aromatic nitrogens is 3. The minimum atomic E-state index is -0.226. The van der Waals surface area contributed by atoms with E-state index in [9.17, 15) is 4.79 Å². The molecular formula is C19H12ClN5OS. The van der Waals surface area contributed by atoms with Crippen LogP contribution >= 0.6 is 22.9 Å². The van der Waals surface area contributed by atoms with Crippen LogP contribution in [0.2, 0.25) is 5.02 Å². The van der Waals surface area contributed by atoms with E-state index in [-0.39, 0.29) is 12.5 Å². The van der Waals surface area contributed by atoms with Crippen LogP contribution in [0.3, 0.4) is 0 Å². The van der Waals surface area contributed by atoms with Gasteiger partial charge in [0.15, 0.2) is 5.82 Å². The lowest BCUT2D eigenvalue weighted by molar-refractivity contribution is -0.116. The van der Waals surface area contributed by atoms with Crippen molar-refractivity contribution < 1.29 is 4.79 Å². The van der Waals surface area contributed by atoms with E-state index >= 15 is 0 Å². The molecule has 2 heterocycles. The van der Waals surface area contributed by atoms with Crippen LogP contribution in [-0.2, 0) is 11.3 Å². The van der Waals surface area contributed by atoms with Crippen LogP contribution in [0.5, 0.6) is 0 Å². The van der Waals surface area contributed by atoms with Gasteiger partial charge in [-0.1, -0.05) is 23.7 Å². The normalized spacial score (nSPS) is 10.7. The van der Waals surface area contributed by atoms with E-state index in [0.717, 1.165) is 16.7 Å². The number of carbonyl (C=O) groups excluding carboxylic acids is 1. The van der Waals surface area contributed by atoms with Crippen LogP contribution in [0.4, 0.5) is 5.69 Å². The second-order valence-electron chi connectivity index (χ2n) is 5.74. The van der Waals surface area contributed by atoms with Crippen molar-refractivity contribution in [3.63, 3.8) is 0 Å². The number of nitrogens with zero attached hydrogens (tertiary/aromatic N) is 4. The second-order valence-corrected chi connectivity index (χ2v) is 6.86. The van der Waals surface area contributed by atoms with Crippen LogP contribution in [0.1, 0.15) is 5.56 Å². The van der Waals surface area contributed by atoms with Crippen LogP contribution in [-0.4, -0.2) is 20.4 Å². The summed E-state index contributed by atoms with van der Waals surface area (Å²) < 4.78 is 1.84. The van der Waals surface area contributed by atoms with Gasteiger partial charge in [-0.2, -0.15) is 5.26 Å². The molecule has 0 aliphatic heterocycles. The number of fused-ring (bicyclic) bond motifs is 1. The van der Waals surface area contributed by atoms with Gasteiger partial charge in [-0.3, -0.25) is 4.79 Å². The average Bonchev–Trinajstić information content (AvgIpc) is 3.30. The highest BCUT2D eigenvalue weighted by atomic mass is 35.5. The van der Waals surface area contributed by atoms with E-state index in [0.29, 0.717) is 22.1 Å². The van der Waals surface area contributed by atoms with Gasteiger partial charge in [0.1, 0.15) is 18.3 Å². The molecule has 2 aromatic heterocycles. The number of halogens is 1. The quantitative estimate of drug-likeness (QED) is 0.559. The number of benzene rings is 2. The van der Waals surface area contributed by atoms with Crippen molar-refractivity contribution in [2.45, 2.75) is 6.54 Å². The molecule has 4 rings (SSSR count). The Morgan fingerprint density at radius 2 is 2.15 bits per heavy atom. The Balaban J connectivity index is 1.65. The number of carbonyl (C=O) groups is 1. The third-order valence-corrected chi connectivity index (χ3v) is 4.89. The van der Waals surface area contributed by atoms with Gasteiger partial charge in [0.05, 0.1) is 27.1 Å². The highest BCUT2D eigenvalue weighted by molar-refractivity contribution is 7.07. The maximum Gasteiger partial charge on any atom is 0.244 e. The standard InChI is InChI=1S/C19H12ClN5OS/c20-14-7-13(6-5-12(14)8-21)23-18(26)9-25-17-4-2-1-3-15(17)24-19(25)16-10-27-11-22-16/h1-7,10-11H,9H2,(H,23,26). The number of amides is 1. The Morgan fingerprint density at radius 3 is 2.89 bits per heavy atom. The van der Waals surface area contributed by atoms with E-state index in [4.69, 9.17) is 16.9 Å². The molecule has 8 heteroatoms. The fourth-order valence-corrected chi connectivity index (χ4v) is 3.53. The van der Waals surface area contributed by atoms with Gasteiger partial charge in [-0.05, 0) is 30.3 Å². The van der Waals surface area contributed by atoms with Crippen LogP contribution in [0.25, 0.3) is 22.6 Å². The van der Waals surface area contributed by atoms with Gasteiger partial charge in [0.25, 0.3) is 0 Å². The lowest BCUT2D eigenvalue weighted by atomic mass is 10.2. The van der Waals surface area contributed by atoms with Crippen molar-refractivity contribution in [1.29, 1.82) is 5.26 Å². The van der Waals surface area contributed by atoms with E-state index in [1.807, 2.05) is 40.3 Å². The van der Waals surface area contributed by atoms with E-state index in [2.05, 4.69) is 15.3 Å². The molecule has 0 unspecified atom stereocenters. The summed E-state index contributed by atoms with van der Waals surface area (Å²) in [5, 5.41) is 14.0. The number of imidazole rings is 1. The van der Waals surface area contributed by atoms with Gasteiger partial charge < -0.3 is 9.88 Å².